The first-order valence-electron chi connectivity index (χ1n) is 7.35. The van der Waals surface area contributed by atoms with Crippen LogP contribution in [0.4, 0.5) is 4.79 Å². The number of nitrogens with zero attached hydrogens (tertiary/aromatic N) is 1. The van der Waals surface area contributed by atoms with Crippen molar-refractivity contribution in [2.75, 3.05) is 6.54 Å². The van der Waals surface area contributed by atoms with Crippen molar-refractivity contribution in [1.82, 2.24) is 4.90 Å². The maximum Gasteiger partial charge on any atom is 0.293 e. The molecule has 0 saturated carbocycles. The van der Waals surface area contributed by atoms with Gasteiger partial charge in [0.05, 0.1) is 11.4 Å². The molecular formula is C18H10Cl3NO3S. The number of ketones is 1. The molecule has 0 unspecified atom stereocenters. The van der Waals surface area contributed by atoms with Gasteiger partial charge in [-0.1, -0.05) is 40.9 Å². The highest BCUT2D eigenvalue weighted by atomic mass is 35.5. The van der Waals surface area contributed by atoms with Gasteiger partial charge in [-0.2, -0.15) is 0 Å². The highest BCUT2D eigenvalue weighted by Crippen LogP contribution is 2.35. The molecule has 3 rings (SSSR count). The number of carbonyl (C=O) groups excluding carboxylic acids is 3. The maximum absolute atomic E-state index is 12.5. The van der Waals surface area contributed by atoms with Gasteiger partial charge >= 0.3 is 0 Å². The number of carbonyl (C=O) groups is 3. The molecule has 2 aromatic carbocycles. The number of amides is 2. The quantitative estimate of drug-likeness (QED) is 0.474. The first-order valence-corrected chi connectivity index (χ1v) is 9.30. The number of halogens is 3. The average Bonchev–Trinajstić information content (AvgIpc) is 2.86. The molecule has 0 bridgehead atoms. The number of hydrogen-bond donors (Lipinski definition) is 0. The van der Waals surface area contributed by atoms with Gasteiger partial charge in [-0.25, -0.2) is 0 Å². The van der Waals surface area contributed by atoms with Gasteiger partial charge in [0.1, 0.15) is 0 Å². The van der Waals surface area contributed by atoms with Crippen molar-refractivity contribution in [3.63, 3.8) is 0 Å². The topological polar surface area (TPSA) is 54.5 Å². The van der Waals surface area contributed by atoms with Gasteiger partial charge in [-0.15, -0.1) is 0 Å². The SMILES string of the molecule is O=C(CN1C(=O)S/C(=C/c2c(Cl)cccc2Cl)C1=O)c1ccc(Cl)cc1. The first-order chi connectivity index (χ1) is 12.4. The Hall–Kier alpha value is -1.79. The van der Waals surface area contributed by atoms with E-state index < -0.39 is 11.1 Å². The van der Waals surface area contributed by atoms with Gasteiger partial charge in [-0.05, 0) is 54.2 Å². The molecule has 1 aliphatic heterocycles. The van der Waals surface area contributed by atoms with E-state index in [0.717, 1.165) is 16.7 Å². The van der Waals surface area contributed by atoms with Crippen LogP contribution in [-0.4, -0.2) is 28.4 Å². The summed E-state index contributed by atoms with van der Waals surface area (Å²) < 4.78 is 0. The minimum atomic E-state index is -0.557. The third-order valence-corrected chi connectivity index (χ3v) is 5.44. The summed E-state index contributed by atoms with van der Waals surface area (Å²) in [6.07, 6.45) is 1.46. The number of benzene rings is 2. The molecule has 26 heavy (non-hydrogen) atoms. The van der Waals surface area contributed by atoms with Crippen LogP contribution in [0.2, 0.25) is 15.1 Å². The van der Waals surface area contributed by atoms with Crippen LogP contribution in [0.25, 0.3) is 6.08 Å². The summed E-state index contributed by atoms with van der Waals surface area (Å²) in [5.74, 6) is -0.917. The fourth-order valence-corrected chi connectivity index (χ4v) is 3.74. The van der Waals surface area contributed by atoms with Crippen LogP contribution in [0.3, 0.4) is 0 Å². The predicted molar refractivity (Wildman–Crippen MR) is 105 cm³/mol. The van der Waals surface area contributed by atoms with Gasteiger partial charge in [0.15, 0.2) is 5.78 Å². The average molecular weight is 427 g/mol. The lowest BCUT2D eigenvalue weighted by Gasteiger charge is -2.11. The minimum absolute atomic E-state index is 0.161. The minimum Gasteiger partial charge on any atom is -0.292 e. The van der Waals surface area contributed by atoms with E-state index in [-0.39, 0.29) is 17.2 Å². The lowest BCUT2D eigenvalue weighted by atomic mass is 10.1. The Morgan fingerprint density at radius 2 is 1.62 bits per heavy atom. The standard InChI is InChI=1S/C18H10Cl3NO3S/c19-11-6-4-10(5-7-11)15(23)9-22-17(24)16(26-18(22)25)8-12-13(20)2-1-3-14(12)21/h1-8H,9H2/b16-8+. The summed E-state index contributed by atoms with van der Waals surface area (Å²) in [4.78, 5) is 38.1. The Bertz CT molecular complexity index is 921. The third-order valence-electron chi connectivity index (χ3n) is 3.62. The Morgan fingerprint density at radius 3 is 2.23 bits per heavy atom. The van der Waals surface area contributed by atoms with Crippen LogP contribution in [0, 0.1) is 0 Å². The smallest absolute Gasteiger partial charge is 0.292 e. The number of Topliss-reactive ketones (excluding diaryl/α,β-unsaturated/α-hetero) is 1. The summed E-state index contributed by atoms with van der Waals surface area (Å²) in [5.41, 5.74) is 0.817. The molecule has 0 radical (unpaired) electrons. The predicted octanol–water partition coefficient (Wildman–Crippen LogP) is 5.57. The molecule has 1 saturated heterocycles. The molecular weight excluding hydrogens is 417 g/mol. The molecule has 0 spiro atoms. The molecule has 2 amide bonds. The van der Waals surface area contributed by atoms with Crippen molar-refractivity contribution in [1.29, 1.82) is 0 Å². The van der Waals surface area contributed by atoms with Gasteiger partial charge in [0.2, 0.25) is 0 Å². The molecule has 2 aromatic rings. The van der Waals surface area contributed by atoms with Crippen molar-refractivity contribution >= 4 is 69.6 Å². The Labute approximate surface area is 168 Å². The first kappa shape index (κ1) is 19.0. The summed E-state index contributed by atoms with van der Waals surface area (Å²) in [7, 11) is 0. The second-order valence-corrected chi connectivity index (χ2v) is 7.58. The maximum atomic E-state index is 12.5. The fraction of sp³-hybridized carbons (Fsp3) is 0.0556. The van der Waals surface area contributed by atoms with Crippen LogP contribution in [0.5, 0.6) is 0 Å². The van der Waals surface area contributed by atoms with E-state index in [2.05, 4.69) is 0 Å². The third kappa shape index (κ3) is 3.96. The van der Waals surface area contributed by atoms with E-state index in [9.17, 15) is 14.4 Å². The van der Waals surface area contributed by atoms with Crippen LogP contribution < -0.4 is 0 Å². The van der Waals surface area contributed by atoms with Crippen LogP contribution in [0.1, 0.15) is 15.9 Å². The number of rotatable bonds is 4. The van der Waals surface area contributed by atoms with Crippen LogP contribution in [-0.2, 0) is 4.79 Å². The Morgan fingerprint density at radius 1 is 1.00 bits per heavy atom. The monoisotopic (exact) mass is 425 g/mol. The molecule has 1 heterocycles. The van der Waals surface area contributed by atoms with E-state index >= 15 is 0 Å². The molecule has 0 aromatic heterocycles. The number of thioether (sulfide) groups is 1. The van der Waals surface area contributed by atoms with Crippen molar-refractivity contribution in [2.45, 2.75) is 0 Å². The highest BCUT2D eigenvalue weighted by molar-refractivity contribution is 8.18. The summed E-state index contributed by atoms with van der Waals surface area (Å²) in [5, 5.41) is 0.696. The molecule has 0 atom stereocenters. The van der Waals surface area contributed by atoms with Gasteiger partial charge in [0.25, 0.3) is 11.1 Å². The zero-order chi connectivity index (χ0) is 18.8. The number of imide groups is 1. The van der Waals surface area contributed by atoms with E-state index in [4.69, 9.17) is 34.8 Å². The van der Waals surface area contributed by atoms with E-state index in [1.807, 2.05) is 0 Å². The highest BCUT2D eigenvalue weighted by Gasteiger charge is 2.36. The lowest BCUT2D eigenvalue weighted by Crippen LogP contribution is -2.33. The summed E-state index contributed by atoms with van der Waals surface area (Å²) >= 11 is 18.7. The second kappa shape index (κ2) is 7.84. The van der Waals surface area contributed by atoms with Crippen molar-refractivity contribution < 1.29 is 14.4 Å². The van der Waals surface area contributed by atoms with Crippen LogP contribution in [0.15, 0.2) is 47.4 Å². The van der Waals surface area contributed by atoms with Crippen molar-refractivity contribution in [2.24, 2.45) is 0 Å². The largest absolute Gasteiger partial charge is 0.293 e. The van der Waals surface area contributed by atoms with E-state index in [1.165, 1.54) is 6.08 Å². The van der Waals surface area contributed by atoms with E-state index in [0.29, 0.717) is 26.2 Å². The van der Waals surface area contributed by atoms with Crippen molar-refractivity contribution in [3.8, 4) is 0 Å². The fourth-order valence-electron chi connectivity index (χ4n) is 2.29. The van der Waals surface area contributed by atoms with Gasteiger partial charge < -0.3 is 0 Å². The molecule has 132 valence electrons. The van der Waals surface area contributed by atoms with Gasteiger partial charge in [0, 0.05) is 26.2 Å². The Balaban J connectivity index is 1.82. The second-order valence-electron chi connectivity index (χ2n) is 5.33. The Kier molecular flexibility index (Phi) is 5.73. The summed E-state index contributed by atoms with van der Waals surface area (Å²) in [6.45, 7) is -0.347. The van der Waals surface area contributed by atoms with Gasteiger partial charge in [-0.3, -0.25) is 19.3 Å². The molecule has 1 aliphatic rings. The number of hydrogen-bond acceptors (Lipinski definition) is 4. The normalized spacial score (nSPS) is 15.8. The lowest BCUT2D eigenvalue weighted by molar-refractivity contribution is -0.122. The van der Waals surface area contributed by atoms with Crippen molar-refractivity contribution in [3.05, 3.63) is 73.6 Å². The zero-order valence-electron chi connectivity index (χ0n) is 13.0. The van der Waals surface area contributed by atoms with E-state index in [1.54, 1.807) is 42.5 Å². The molecule has 1 fully saturated rings. The van der Waals surface area contributed by atoms with Crippen LogP contribution >= 0.6 is 46.6 Å². The molecule has 0 aliphatic carbocycles. The molecule has 0 N–H and O–H groups in total. The summed E-state index contributed by atoms with van der Waals surface area (Å²) in [6, 6.07) is 11.2. The zero-order valence-corrected chi connectivity index (χ0v) is 16.1. The molecule has 8 heteroatoms. The molecule has 4 nitrogen and oxygen atoms in total.